The lowest BCUT2D eigenvalue weighted by Gasteiger charge is -2.43. The maximum Gasteiger partial charge on any atom is 0.416 e. The number of likely N-dealkylation sites (N-methyl/N-ethyl adjacent to an activating group) is 1. The molecule has 2 heterocycles. The zero-order valence-corrected chi connectivity index (χ0v) is 23.2. The molecule has 202 valence electrons. The van der Waals surface area contributed by atoms with Crippen LogP contribution in [0.5, 0.6) is 11.5 Å². The van der Waals surface area contributed by atoms with E-state index < -0.39 is 11.7 Å². The molecular weight excluding hydrogens is 508 g/mol. The Morgan fingerprint density at radius 2 is 1.82 bits per heavy atom. The van der Waals surface area contributed by atoms with Crippen LogP contribution in [0.3, 0.4) is 0 Å². The summed E-state index contributed by atoms with van der Waals surface area (Å²) in [5, 5.41) is 4.04. The number of hydrogen-bond donors (Lipinski definition) is 1. The van der Waals surface area contributed by atoms with Crippen molar-refractivity contribution in [3.63, 3.8) is 0 Å². The molecule has 0 bridgehead atoms. The number of dihydropyridines is 1. The van der Waals surface area contributed by atoms with Gasteiger partial charge in [0, 0.05) is 30.2 Å². The molecule has 9 nitrogen and oxygen atoms in total. The number of ether oxygens (including phenoxy) is 3. The summed E-state index contributed by atoms with van der Waals surface area (Å²) < 4.78 is 16.6. The predicted molar refractivity (Wildman–Crippen MR) is 146 cm³/mol. The Hall–Kier alpha value is -3.85. The largest absolute Gasteiger partial charge is 0.497 e. The monoisotopic (exact) mass is 540 g/mol. The molecule has 0 radical (unpaired) electrons. The molecule has 1 N–H and O–H groups in total. The molecule has 2 aromatic rings. The van der Waals surface area contributed by atoms with Gasteiger partial charge in [-0.2, -0.15) is 0 Å². The summed E-state index contributed by atoms with van der Waals surface area (Å²) in [5.74, 6) is 1.78. The number of methoxy groups -OCH3 is 2. The zero-order valence-electron chi connectivity index (χ0n) is 22.4. The topological polar surface area (TPSA) is 83.6 Å². The molecule has 2 aromatic carbocycles. The highest BCUT2D eigenvalue weighted by molar-refractivity contribution is 6.30. The third kappa shape index (κ3) is 5.83. The summed E-state index contributed by atoms with van der Waals surface area (Å²) in [6, 6.07) is 12.1. The van der Waals surface area contributed by atoms with Crippen molar-refractivity contribution in [3.8, 4) is 11.5 Å². The van der Waals surface area contributed by atoms with Gasteiger partial charge in [0.2, 0.25) is 0 Å². The van der Waals surface area contributed by atoms with Crippen molar-refractivity contribution >= 4 is 29.4 Å². The summed E-state index contributed by atoms with van der Waals surface area (Å²) in [4.78, 5) is 31.4. The SMILES string of the molecule is COc1ccc(CN(C(=O)OC(C)(C)C)C2=CC=C3C(CN(C)C(=O)N3c3ccc(Cl)cc3)N2)c(OC)c1. The van der Waals surface area contributed by atoms with Crippen LogP contribution < -0.4 is 19.7 Å². The van der Waals surface area contributed by atoms with Crippen LogP contribution in [0.15, 0.2) is 66.1 Å². The van der Waals surface area contributed by atoms with Crippen molar-refractivity contribution in [3.05, 3.63) is 76.7 Å². The number of rotatable bonds is 6. The Labute approximate surface area is 228 Å². The van der Waals surface area contributed by atoms with E-state index >= 15 is 0 Å². The van der Waals surface area contributed by atoms with Crippen molar-refractivity contribution in [2.45, 2.75) is 39.0 Å². The number of fused-ring (bicyclic) bond motifs is 1. The van der Waals surface area contributed by atoms with Crippen LogP contribution >= 0.6 is 11.6 Å². The fourth-order valence-corrected chi connectivity index (χ4v) is 4.45. The lowest BCUT2D eigenvalue weighted by Crippen LogP contribution is -2.59. The van der Waals surface area contributed by atoms with Crippen LogP contribution in [0.25, 0.3) is 0 Å². The molecule has 2 aliphatic heterocycles. The van der Waals surface area contributed by atoms with Crippen LogP contribution in [-0.4, -0.2) is 61.4 Å². The molecule has 0 aliphatic carbocycles. The number of hydrogen-bond acceptors (Lipinski definition) is 6. The minimum Gasteiger partial charge on any atom is -0.497 e. The zero-order chi connectivity index (χ0) is 27.6. The molecule has 1 unspecified atom stereocenters. The van der Waals surface area contributed by atoms with E-state index in [1.54, 1.807) is 67.5 Å². The minimum absolute atomic E-state index is 0.152. The van der Waals surface area contributed by atoms with Gasteiger partial charge in [-0.25, -0.2) is 9.59 Å². The van der Waals surface area contributed by atoms with Crippen molar-refractivity contribution < 1.29 is 23.8 Å². The number of nitrogens with zero attached hydrogens (tertiary/aromatic N) is 3. The molecule has 1 saturated heterocycles. The maximum atomic E-state index is 13.4. The molecule has 1 atom stereocenters. The Kier molecular flexibility index (Phi) is 7.78. The van der Waals surface area contributed by atoms with Crippen molar-refractivity contribution in [1.29, 1.82) is 0 Å². The van der Waals surface area contributed by atoms with Gasteiger partial charge < -0.3 is 24.4 Å². The molecule has 0 saturated carbocycles. The first kappa shape index (κ1) is 27.2. The molecule has 4 rings (SSSR count). The normalized spacial score (nSPS) is 17.1. The highest BCUT2D eigenvalue weighted by atomic mass is 35.5. The number of benzene rings is 2. The number of anilines is 1. The van der Waals surface area contributed by atoms with Crippen molar-refractivity contribution in [1.82, 2.24) is 15.1 Å². The van der Waals surface area contributed by atoms with Gasteiger partial charge in [-0.3, -0.25) is 9.80 Å². The van der Waals surface area contributed by atoms with Crippen LogP contribution in [0.2, 0.25) is 5.02 Å². The summed E-state index contributed by atoms with van der Waals surface area (Å²) in [6.07, 6.45) is 3.13. The highest BCUT2D eigenvalue weighted by Crippen LogP contribution is 2.32. The first-order valence-electron chi connectivity index (χ1n) is 12.2. The number of carbonyl (C=O) groups is 2. The second-order valence-electron chi connectivity index (χ2n) is 10.1. The first-order chi connectivity index (χ1) is 18.0. The summed E-state index contributed by atoms with van der Waals surface area (Å²) in [5.41, 5.74) is 1.55. The van der Waals surface area contributed by atoms with Crippen LogP contribution in [0.1, 0.15) is 26.3 Å². The summed E-state index contributed by atoms with van der Waals surface area (Å²) in [7, 11) is 4.90. The molecule has 38 heavy (non-hydrogen) atoms. The molecule has 0 spiro atoms. The second kappa shape index (κ2) is 10.9. The number of halogens is 1. The standard InChI is InChI=1S/C28H33ClN4O5/c1-28(2,3)38-27(35)32(16-18-7-12-21(36-5)15-24(18)37-6)25-14-13-23-22(30-25)17-31(4)26(34)33(23)20-10-8-19(29)9-11-20/h7-15,22,30H,16-17H2,1-6H3. The van der Waals surface area contributed by atoms with Gasteiger partial charge in [-0.15, -0.1) is 0 Å². The van der Waals surface area contributed by atoms with E-state index in [-0.39, 0.29) is 18.6 Å². The van der Waals surface area contributed by atoms with Crippen LogP contribution in [0.4, 0.5) is 15.3 Å². The minimum atomic E-state index is -0.696. The Morgan fingerprint density at radius 1 is 1.11 bits per heavy atom. The number of nitrogens with one attached hydrogen (secondary N) is 1. The van der Waals surface area contributed by atoms with Crippen LogP contribution in [0, 0.1) is 0 Å². The molecular formula is C28H33ClN4O5. The smallest absolute Gasteiger partial charge is 0.416 e. The quantitative estimate of drug-likeness (QED) is 0.531. The fourth-order valence-electron chi connectivity index (χ4n) is 4.32. The summed E-state index contributed by atoms with van der Waals surface area (Å²) >= 11 is 6.07. The van der Waals surface area contributed by atoms with Gasteiger partial charge in [0.05, 0.1) is 38.2 Å². The van der Waals surface area contributed by atoms with E-state index in [4.69, 9.17) is 25.8 Å². The Morgan fingerprint density at radius 3 is 2.45 bits per heavy atom. The van der Waals surface area contributed by atoms with Gasteiger partial charge in [-0.05, 0) is 69.3 Å². The number of urea groups is 1. The lowest BCUT2D eigenvalue weighted by molar-refractivity contribution is 0.0281. The molecule has 0 aromatic heterocycles. The Balaban J connectivity index is 1.72. The Bertz CT molecular complexity index is 1270. The molecule has 10 heteroatoms. The fraction of sp³-hybridized carbons (Fsp3) is 0.357. The number of carbonyl (C=O) groups excluding carboxylic acids is 2. The second-order valence-corrected chi connectivity index (χ2v) is 10.5. The third-order valence-corrected chi connectivity index (χ3v) is 6.39. The molecule has 3 amide bonds. The highest BCUT2D eigenvalue weighted by Gasteiger charge is 2.38. The number of allylic oxidation sites excluding steroid dienone is 2. The van der Waals surface area contributed by atoms with Gasteiger partial charge in [-0.1, -0.05) is 11.6 Å². The van der Waals surface area contributed by atoms with Crippen molar-refractivity contribution in [2.75, 3.05) is 32.7 Å². The van der Waals surface area contributed by atoms with Gasteiger partial charge in [0.25, 0.3) is 0 Å². The number of amides is 3. The summed E-state index contributed by atoms with van der Waals surface area (Å²) in [6.45, 7) is 6.07. The maximum absolute atomic E-state index is 13.4. The molecule has 2 aliphatic rings. The van der Waals surface area contributed by atoms with E-state index in [1.165, 1.54) is 4.90 Å². The van der Waals surface area contributed by atoms with E-state index in [2.05, 4.69) is 5.32 Å². The third-order valence-electron chi connectivity index (χ3n) is 6.14. The van der Waals surface area contributed by atoms with Gasteiger partial charge in [0.15, 0.2) is 0 Å². The van der Waals surface area contributed by atoms with Gasteiger partial charge in [0.1, 0.15) is 22.9 Å². The van der Waals surface area contributed by atoms with Gasteiger partial charge >= 0.3 is 12.1 Å². The lowest BCUT2D eigenvalue weighted by atomic mass is 10.0. The predicted octanol–water partition coefficient (Wildman–Crippen LogP) is 5.36. The van der Waals surface area contributed by atoms with E-state index in [0.717, 1.165) is 11.3 Å². The van der Waals surface area contributed by atoms with E-state index in [9.17, 15) is 9.59 Å². The van der Waals surface area contributed by atoms with E-state index in [0.29, 0.717) is 34.6 Å². The van der Waals surface area contributed by atoms with Crippen molar-refractivity contribution in [2.24, 2.45) is 0 Å². The average molecular weight is 541 g/mol. The average Bonchev–Trinajstić information content (AvgIpc) is 2.87. The van der Waals surface area contributed by atoms with E-state index in [1.807, 2.05) is 39.0 Å². The van der Waals surface area contributed by atoms with Crippen LogP contribution in [-0.2, 0) is 11.3 Å². The first-order valence-corrected chi connectivity index (χ1v) is 12.6. The molecule has 1 fully saturated rings.